The van der Waals surface area contributed by atoms with Gasteiger partial charge in [0.1, 0.15) is 5.01 Å². The van der Waals surface area contributed by atoms with E-state index in [0.717, 1.165) is 42.2 Å². The van der Waals surface area contributed by atoms with E-state index < -0.39 is 0 Å². The van der Waals surface area contributed by atoms with Gasteiger partial charge in [-0.1, -0.05) is 30.3 Å². The van der Waals surface area contributed by atoms with E-state index in [1.54, 1.807) is 18.3 Å². The molecule has 26 heavy (non-hydrogen) atoms. The van der Waals surface area contributed by atoms with Crippen molar-refractivity contribution in [1.29, 1.82) is 0 Å². The molecule has 0 spiro atoms. The summed E-state index contributed by atoms with van der Waals surface area (Å²) in [7, 11) is 0. The molecule has 0 aliphatic carbocycles. The minimum atomic E-state index is 0.134. The number of hydrogen-bond acceptors (Lipinski definition) is 6. The van der Waals surface area contributed by atoms with Crippen molar-refractivity contribution in [3.63, 3.8) is 0 Å². The van der Waals surface area contributed by atoms with Gasteiger partial charge >= 0.3 is 0 Å². The molecule has 1 aliphatic rings. The average molecular weight is 368 g/mol. The number of hydrogen-bond donors (Lipinski definition) is 0. The highest BCUT2D eigenvalue weighted by atomic mass is 32.1. The van der Waals surface area contributed by atoms with E-state index in [9.17, 15) is 4.79 Å². The Morgan fingerprint density at radius 3 is 2.69 bits per heavy atom. The molecule has 2 aromatic heterocycles. The number of aromatic nitrogens is 3. The van der Waals surface area contributed by atoms with Crippen LogP contribution in [0.15, 0.2) is 40.1 Å². The largest absolute Gasteiger partial charge is 0.425 e. The molecule has 3 heterocycles. The van der Waals surface area contributed by atoms with Crippen LogP contribution in [0.4, 0.5) is 0 Å². The third-order valence-electron chi connectivity index (χ3n) is 4.64. The monoisotopic (exact) mass is 368 g/mol. The van der Waals surface area contributed by atoms with Gasteiger partial charge < -0.3 is 9.32 Å². The van der Waals surface area contributed by atoms with Gasteiger partial charge in [-0.25, -0.2) is 4.98 Å². The lowest BCUT2D eigenvalue weighted by atomic mass is 9.96. The van der Waals surface area contributed by atoms with Crippen molar-refractivity contribution >= 4 is 17.2 Å². The zero-order valence-electron chi connectivity index (χ0n) is 14.6. The second kappa shape index (κ2) is 7.37. The molecule has 1 amide bonds. The van der Waals surface area contributed by atoms with Gasteiger partial charge in [-0.3, -0.25) is 4.79 Å². The fraction of sp³-hybridized carbons (Fsp3) is 0.368. The number of benzene rings is 1. The van der Waals surface area contributed by atoms with Crippen LogP contribution < -0.4 is 0 Å². The molecule has 134 valence electrons. The van der Waals surface area contributed by atoms with E-state index >= 15 is 0 Å². The van der Waals surface area contributed by atoms with Crippen molar-refractivity contribution < 1.29 is 9.21 Å². The van der Waals surface area contributed by atoms with Gasteiger partial charge in [0, 0.05) is 36.9 Å². The Labute approximate surface area is 155 Å². The van der Waals surface area contributed by atoms with Crippen LogP contribution in [0.3, 0.4) is 0 Å². The highest BCUT2D eigenvalue weighted by Gasteiger charge is 2.27. The lowest BCUT2D eigenvalue weighted by molar-refractivity contribution is -0.131. The molecule has 0 bridgehead atoms. The number of carbonyl (C=O) groups is 1. The molecule has 0 N–H and O–H groups in total. The number of nitrogens with zero attached hydrogens (tertiary/aromatic N) is 4. The molecule has 6 nitrogen and oxygen atoms in total. The van der Waals surface area contributed by atoms with Crippen LogP contribution in [0.5, 0.6) is 0 Å². The summed E-state index contributed by atoms with van der Waals surface area (Å²) in [5.41, 5.74) is 1.93. The molecule has 0 atom stereocenters. The molecule has 3 aromatic rings. The number of thiazole rings is 1. The normalized spacial score (nSPS) is 15.3. The van der Waals surface area contributed by atoms with Gasteiger partial charge in [0.25, 0.3) is 0 Å². The van der Waals surface area contributed by atoms with Gasteiger partial charge in [-0.15, -0.1) is 21.5 Å². The second-order valence-corrected chi connectivity index (χ2v) is 7.36. The SMILES string of the molecule is Cc1nnc(C2CCN(C(=O)Cc3csc(-c4ccccc4)n3)CC2)o1. The topological polar surface area (TPSA) is 72.1 Å². The van der Waals surface area contributed by atoms with Crippen molar-refractivity contribution in [2.45, 2.75) is 32.1 Å². The summed E-state index contributed by atoms with van der Waals surface area (Å²) in [6.45, 7) is 3.24. The number of carbonyl (C=O) groups excluding carboxylic acids is 1. The molecule has 0 unspecified atom stereocenters. The standard InChI is InChI=1S/C19H20N4O2S/c1-13-21-22-18(25-13)14-7-9-23(10-8-14)17(24)11-16-12-26-19(20-16)15-5-3-2-4-6-15/h2-6,12,14H,7-11H2,1H3. The van der Waals surface area contributed by atoms with E-state index in [-0.39, 0.29) is 11.8 Å². The predicted octanol–water partition coefficient (Wildman–Crippen LogP) is 3.45. The van der Waals surface area contributed by atoms with Crippen LogP contribution in [0.1, 0.15) is 36.2 Å². The van der Waals surface area contributed by atoms with Gasteiger partial charge in [-0.05, 0) is 12.8 Å². The van der Waals surface area contributed by atoms with Crippen molar-refractivity contribution in [2.24, 2.45) is 0 Å². The van der Waals surface area contributed by atoms with Gasteiger partial charge in [0.05, 0.1) is 12.1 Å². The number of piperidine rings is 1. The van der Waals surface area contributed by atoms with E-state index in [2.05, 4.69) is 15.2 Å². The summed E-state index contributed by atoms with van der Waals surface area (Å²) < 4.78 is 5.52. The van der Waals surface area contributed by atoms with Crippen LogP contribution in [0, 0.1) is 6.92 Å². The Morgan fingerprint density at radius 2 is 2.00 bits per heavy atom. The first-order valence-electron chi connectivity index (χ1n) is 8.76. The van der Waals surface area contributed by atoms with Crippen molar-refractivity contribution in [3.8, 4) is 10.6 Å². The fourth-order valence-corrected chi connectivity index (χ4v) is 4.05. The number of likely N-dealkylation sites (tertiary alicyclic amines) is 1. The van der Waals surface area contributed by atoms with E-state index in [4.69, 9.17) is 4.42 Å². The number of amides is 1. The molecule has 1 saturated heterocycles. The molecule has 0 radical (unpaired) electrons. The van der Waals surface area contributed by atoms with Gasteiger partial charge in [0.15, 0.2) is 0 Å². The Balaban J connectivity index is 1.34. The zero-order valence-corrected chi connectivity index (χ0v) is 15.4. The Kier molecular flexibility index (Phi) is 4.79. The van der Waals surface area contributed by atoms with Crippen LogP contribution in [-0.2, 0) is 11.2 Å². The first-order valence-corrected chi connectivity index (χ1v) is 9.64. The van der Waals surface area contributed by atoms with E-state index in [0.29, 0.717) is 18.2 Å². The van der Waals surface area contributed by atoms with Gasteiger partial charge in [0.2, 0.25) is 17.7 Å². The first-order chi connectivity index (χ1) is 12.7. The Bertz CT molecular complexity index is 882. The molecule has 1 aliphatic heterocycles. The van der Waals surface area contributed by atoms with Crippen molar-refractivity contribution in [1.82, 2.24) is 20.1 Å². The quantitative estimate of drug-likeness (QED) is 0.705. The van der Waals surface area contributed by atoms with E-state index in [1.165, 1.54) is 0 Å². The average Bonchev–Trinajstić information content (AvgIpc) is 3.32. The fourth-order valence-electron chi connectivity index (χ4n) is 3.22. The maximum Gasteiger partial charge on any atom is 0.228 e. The summed E-state index contributed by atoms with van der Waals surface area (Å²) in [6.07, 6.45) is 2.08. The molecular formula is C19H20N4O2S. The first kappa shape index (κ1) is 16.9. The Morgan fingerprint density at radius 1 is 1.23 bits per heavy atom. The maximum atomic E-state index is 12.6. The second-order valence-electron chi connectivity index (χ2n) is 6.50. The summed E-state index contributed by atoms with van der Waals surface area (Å²) >= 11 is 1.58. The van der Waals surface area contributed by atoms with Crippen LogP contribution >= 0.6 is 11.3 Å². The summed E-state index contributed by atoms with van der Waals surface area (Å²) in [6, 6.07) is 10.1. The van der Waals surface area contributed by atoms with Crippen molar-refractivity contribution in [2.75, 3.05) is 13.1 Å². The molecule has 1 fully saturated rings. The summed E-state index contributed by atoms with van der Waals surface area (Å²) in [5, 5.41) is 10.9. The highest BCUT2D eigenvalue weighted by Crippen LogP contribution is 2.28. The van der Waals surface area contributed by atoms with Crippen molar-refractivity contribution in [3.05, 3.63) is 53.2 Å². The smallest absolute Gasteiger partial charge is 0.228 e. The maximum absolute atomic E-state index is 12.6. The lowest BCUT2D eigenvalue weighted by Gasteiger charge is -2.30. The van der Waals surface area contributed by atoms with Crippen LogP contribution in [0.2, 0.25) is 0 Å². The molecule has 4 rings (SSSR count). The molecule has 7 heteroatoms. The summed E-state index contributed by atoms with van der Waals surface area (Å²) in [4.78, 5) is 19.1. The number of aryl methyl sites for hydroxylation is 1. The third kappa shape index (κ3) is 3.67. The van der Waals surface area contributed by atoms with Gasteiger partial charge in [-0.2, -0.15) is 0 Å². The third-order valence-corrected chi connectivity index (χ3v) is 5.58. The lowest BCUT2D eigenvalue weighted by Crippen LogP contribution is -2.38. The molecule has 0 saturated carbocycles. The predicted molar refractivity (Wildman–Crippen MR) is 98.8 cm³/mol. The number of rotatable bonds is 4. The minimum Gasteiger partial charge on any atom is -0.425 e. The Hall–Kier alpha value is -2.54. The molecule has 1 aromatic carbocycles. The van der Waals surface area contributed by atoms with E-state index in [1.807, 2.05) is 40.6 Å². The summed E-state index contributed by atoms with van der Waals surface area (Å²) in [5.74, 6) is 1.68. The zero-order chi connectivity index (χ0) is 17.9. The van der Waals surface area contributed by atoms with Crippen LogP contribution in [0.25, 0.3) is 10.6 Å². The van der Waals surface area contributed by atoms with Crippen LogP contribution in [-0.4, -0.2) is 39.1 Å². The molecular weight excluding hydrogens is 348 g/mol. The highest BCUT2D eigenvalue weighted by molar-refractivity contribution is 7.13. The minimum absolute atomic E-state index is 0.134.